The van der Waals surface area contributed by atoms with Crippen LogP contribution in [0.4, 0.5) is 0 Å². The maximum atomic E-state index is 11.8. The van der Waals surface area contributed by atoms with Crippen molar-refractivity contribution in [3.05, 3.63) is 56.2 Å². The minimum absolute atomic E-state index is 0.0640. The zero-order valence-corrected chi connectivity index (χ0v) is 18.2. The molecule has 0 radical (unpaired) electrons. The molecule has 0 atom stereocenters. The van der Waals surface area contributed by atoms with E-state index in [2.05, 4.69) is 15.6 Å². The molecule has 0 bridgehead atoms. The SMILES string of the molecule is CN(C)C(=O)CN=C(NCCOCc1ccc(Cl)cc1Cl)NCc1cccs1. The van der Waals surface area contributed by atoms with Crippen LogP contribution in [0.1, 0.15) is 10.4 Å². The molecule has 1 aromatic carbocycles. The Labute approximate surface area is 179 Å². The van der Waals surface area contributed by atoms with E-state index in [-0.39, 0.29) is 12.5 Å². The topological polar surface area (TPSA) is 66.0 Å². The monoisotopic (exact) mass is 442 g/mol. The minimum atomic E-state index is -0.0640. The number of likely N-dealkylation sites (N-methyl/N-ethyl adjacent to an activating group) is 1. The highest BCUT2D eigenvalue weighted by atomic mass is 35.5. The van der Waals surface area contributed by atoms with Crippen molar-refractivity contribution in [2.75, 3.05) is 33.8 Å². The molecule has 0 unspecified atom stereocenters. The van der Waals surface area contributed by atoms with Crippen LogP contribution in [-0.4, -0.2) is 50.6 Å². The third-order valence-corrected chi connectivity index (χ3v) is 5.16. The number of hydrogen-bond acceptors (Lipinski definition) is 4. The van der Waals surface area contributed by atoms with Gasteiger partial charge in [-0.1, -0.05) is 35.3 Å². The number of nitrogens with one attached hydrogen (secondary N) is 2. The summed E-state index contributed by atoms with van der Waals surface area (Å²) in [7, 11) is 3.42. The van der Waals surface area contributed by atoms with Crippen molar-refractivity contribution >= 4 is 46.4 Å². The van der Waals surface area contributed by atoms with E-state index < -0.39 is 0 Å². The van der Waals surface area contributed by atoms with Gasteiger partial charge >= 0.3 is 0 Å². The van der Waals surface area contributed by atoms with E-state index in [1.54, 1.807) is 37.6 Å². The molecule has 9 heteroatoms. The van der Waals surface area contributed by atoms with Gasteiger partial charge in [-0.05, 0) is 29.1 Å². The number of hydrogen-bond donors (Lipinski definition) is 2. The van der Waals surface area contributed by atoms with Crippen LogP contribution in [0.15, 0.2) is 40.7 Å². The lowest BCUT2D eigenvalue weighted by Crippen LogP contribution is -2.39. The van der Waals surface area contributed by atoms with Crippen molar-refractivity contribution < 1.29 is 9.53 Å². The predicted molar refractivity (Wildman–Crippen MR) is 116 cm³/mol. The van der Waals surface area contributed by atoms with Crippen LogP contribution in [0.25, 0.3) is 0 Å². The first-order valence-corrected chi connectivity index (χ1v) is 10.4. The molecule has 1 aromatic heterocycles. The number of rotatable bonds is 9. The van der Waals surface area contributed by atoms with Gasteiger partial charge in [-0.15, -0.1) is 11.3 Å². The Balaban J connectivity index is 1.79. The van der Waals surface area contributed by atoms with Crippen molar-refractivity contribution in [1.82, 2.24) is 15.5 Å². The summed E-state index contributed by atoms with van der Waals surface area (Å²) in [6, 6.07) is 9.36. The molecule has 6 nitrogen and oxygen atoms in total. The molecule has 0 fully saturated rings. The van der Waals surface area contributed by atoms with Gasteiger partial charge in [0, 0.05) is 35.6 Å². The van der Waals surface area contributed by atoms with Gasteiger partial charge < -0.3 is 20.3 Å². The van der Waals surface area contributed by atoms with Gasteiger partial charge in [0.1, 0.15) is 6.54 Å². The average molecular weight is 443 g/mol. The van der Waals surface area contributed by atoms with Crippen LogP contribution in [0.3, 0.4) is 0 Å². The molecule has 28 heavy (non-hydrogen) atoms. The first-order valence-electron chi connectivity index (χ1n) is 8.72. The number of benzene rings is 1. The first kappa shape index (κ1) is 22.5. The van der Waals surface area contributed by atoms with Gasteiger partial charge in [0.25, 0.3) is 0 Å². The van der Waals surface area contributed by atoms with Crippen molar-refractivity contribution in [2.45, 2.75) is 13.2 Å². The summed E-state index contributed by atoms with van der Waals surface area (Å²) >= 11 is 13.7. The van der Waals surface area contributed by atoms with Crippen molar-refractivity contribution in [2.24, 2.45) is 4.99 Å². The second-order valence-corrected chi connectivity index (χ2v) is 7.98. The largest absolute Gasteiger partial charge is 0.375 e. The highest BCUT2D eigenvalue weighted by Crippen LogP contribution is 2.21. The molecule has 152 valence electrons. The summed E-state index contributed by atoms with van der Waals surface area (Å²) in [5, 5.41) is 9.61. The fraction of sp³-hybridized carbons (Fsp3) is 0.368. The van der Waals surface area contributed by atoms with Gasteiger partial charge in [0.15, 0.2) is 5.96 Å². The van der Waals surface area contributed by atoms with Gasteiger partial charge in [0.05, 0.1) is 19.8 Å². The zero-order valence-electron chi connectivity index (χ0n) is 15.9. The number of halogens is 2. The molecule has 1 heterocycles. The molecule has 2 rings (SSSR count). The maximum Gasteiger partial charge on any atom is 0.243 e. The van der Waals surface area contributed by atoms with Crippen molar-refractivity contribution in [3.8, 4) is 0 Å². The smallest absolute Gasteiger partial charge is 0.243 e. The maximum absolute atomic E-state index is 11.8. The van der Waals surface area contributed by atoms with Gasteiger partial charge in [-0.25, -0.2) is 4.99 Å². The molecule has 2 aromatic rings. The molecule has 0 spiro atoms. The van der Waals surface area contributed by atoms with Gasteiger partial charge in [-0.2, -0.15) is 0 Å². The van der Waals surface area contributed by atoms with E-state index in [1.807, 2.05) is 23.6 Å². The molecule has 0 aliphatic carbocycles. The van der Waals surface area contributed by atoms with Crippen LogP contribution in [0.5, 0.6) is 0 Å². The standard InChI is InChI=1S/C19H24Cl2N4O2S/c1-25(2)18(26)12-24-19(23-11-16-4-3-9-28-16)22-7-8-27-13-14-5-6-15(20)10-17(14)21/h3-6,9-10H,7-8,11-13H2,1-2H3,(H2,22,23,24). The molecule has 0 saturated heterocycles. The fourth-order valence-corrected chi connectivity index (χ4v) is 3.22. The summed E-state index contributed by atoms with van der Waals surface area (Å²) < 4.78 is 5.66. The van der Waals surface area contributed by atoms with Crippen LogP contribution in [0, 0.1) is 0 Å². The Bertz CT molecular complexity index is 782. The van der Waals surface area contributed by atoms with Crippen molar-refractivity contribution in [1.29, 1.82) is 0 Å². The van der Waals surface area contributed by atoms with Crippen LogP contribution < -0.4 is 10.6 Å². The van der Waals surface area contributed by atoms with E-state index in [9.17, 15) is 4.79 Å². The fourth-order valence-electron chi connectivity index (χ4n) is 2.11. The molecule has 0 saturated carbocycles. The normalized spacial score (nSPS) is 11.4. The lowest BCUT2D eigenvalue weighted by Gasteiger charge is -2.14. The summed E-state index contributed by atoms with van der Waals surface area (Å²) in [6.45, 7) is 2.11. The molecule has 1 amide bonds. The van der Waals surface area contributed by atoms with E-state index in [0.29, 0.717) is 42.3 Å². The molecule has 2 N–H and O–H groups in total. The lowest BCUT2D eigenvalue weighted by molar-refractivity contribution is -0.127. The number of amides is 1. The number of thiophene rings is 1. The van der Waals surface area contributed by atoms with Gasteiger partial charge in [0.2, 0.25) is 5.91 Å². The van der Waals surface area contributed by atoms with E-state index in [1.165, 1.54) is 9.78 Å². The molecular formula is C19H24Cl2N4O2S. The van der Waals surface area contributed by atoms with E-state index in [0.717, 1.165) is 5.56 Å². The number of carbonyl (C=O) groups excluding carboxylic acids is 1. The van der Waals surface area contributed by atoms with Crippen LogP contribution in [0.2, 0.25) is 10.0 Å². The van der Waals surface area contributed by atoms with Crippen molar-refractivity contribution in [3.63, 3.8) is 0 Å². The molecule has 0 aliphatic heterocycles. The predicted octanol–water partition coefficient (Wildman–Crippen LogP) is 3.40. The second-order valence-electron chi connectivity index (χ2n) is 6.10. The Morgan fingerprint density at radius 3 is 2.75 bits per heavy atom. The molecule has 0 aliphatic rings. The number of guanidine groups is 1. The average Bonchev–Trinajstić information content (AvgIpc) is 3.17. The van der Waals surface area contributed by atoms with E-state index in [4.69, 9.17) is 27.9 Å². The van der Waals surface area contributed by atoms with Crippen LogP contribution in [-0.2, 0) is 22.7 Å². The molecular weight excluding hydrogens is 419 g/mol. The summed E-state index contributed by atoms with van der Waals surface area (Å²) in [4.78, 5) is 18.8. The number of carbonyl (C=O) groups is 1. The summed E-state index contributed by atoms with van der Waals surface area (Å²) in [5.41, 5.74) is 0.882. The Hall–Kier alpha value is -1.80. The first-order chi connectivity index (χ1) is 13.5. The van der Waals surface area contributed by atoms with E-state index >= 15 is 0 Å². The Morgan fingerprint density at radius 1 is 1.25 bits per heavy atom. The number of aliphatic imine (C=N–C) groups is 1. The highest BCUT2D eigenvalue weighted by Gasteiger charge is 2.06. The number of ether oxygens (including phenoxy) is 1. The van der Waals surface area contributed by atoms with Crippen LogP contribution >= 0.6 is 34.5 Å². The quantitative estimate of drug-likeness (QED) is 0.354. The lowest BCUT2D eigenvalue weighted by atomic mass is 10.2. The zero-order chi connectivity index (χ0) is 20.4. The summed E-state index contributed by atoms with van der Waals surface area (Å²) in [6.07, 6.45) is 0. The number of nitrogens with zero attached hydrogens (tertiary/aromatic N) is 2. The third kappa shape index (κ3) is 8.06. The van der Waals surface area contributed by atoms with Gasteiger partial charge in [-0.3, -0.25) is 4.79 Å². The summed E-state index contributed by atoms with van der Waals surface area (Å²) in [5.74, 6) is 0.502. The highest BCUT2D eigenvalue weighted by molar-refractivity contribution is 7.09. The second kappa shape index (κ2) is 11.9. The Morgan fingerprint density at radius 2 is 2.07 bits per heavy atom. The third-order valence-electron chi connectivity index (χ3n) is 3.69. The minimum Gasteiger partial charge on any atom is -0.375 e. The Kier molecular flexibility index (Phi) is 9.57.